The first kappa shape index (κ1) is 23.8. The summed E-state index contributed by atoms with van der Waals surface area (Å²) in [6, 6.07) is 5.63. The number of carbonyl (C=O) groups excluding carboxylic acids is 3. The van der Waals surface area contributed by atoms with Crippen LogP contribution in [0.1, 0.15) is 46.4 Å². The lowest BCUT2D eigenvalue weighted by molar-refractivity contribution is -0.385. The van der Waals surface area contributed by atoms with E-state index in [-0.39, 0.29) is 39.6 Å². The van der Waals surface area contributed by atoms with Crippen molar-refractivity contribution in [2.45, 2.75) is 33.8 Å². The van der Waals surface area contributed by atoms with Crippen molar-refractivity contribution >= 4 is 39.9 Å². The Kier molecular flexibility index (Phi) is 8.08. The molecule has 0 atom stereocenters. The summed E-state index contributed by atoms with van der Waals surface area (Å²) < 4.78 is 15.5. The molecule has 0 aliphatic carbocycles. The van der Waals surface area contributed by atoms with E-state index in [9.17, 15) is 24.5 Å². The second-order valence-corrected chi connectivity index (χ2v) is 7.52. The van der Waals surface area contributed by atoms with E-state index in [0.29, 0.717) is 5.56 Å². The van der Waals surface area contributed by atoms with Crippen LogP contribution >= 0.6 is 11.3 Å². The molecular weight excluding hydrogens is 428 g/mol. The topological polar surface area (TPSA) is 134 Å². The molecule has 0 bridgehead atoms. The Morgan fingerprint density at radius 2 is 1.87 bits per heavy atom. The summed E-state index contributed by atoms with van der Waals surface area (Å²) >= 11 is 0.877. The molecule has 0 fully saturated rings. The summed E-state index contributed by atoms with van der Waals surface area (Å²) in [5, 5.41) is 13.7. The van der Waals surface area contributed by atoms with E-state index in [1.54, 1.807) is 27.7 Å². The lowest BCUT2D eigenvalue weighted by Gasteiger charge is -2.08. The predicted octanol–water partition coefficient (Wildman–Crippen LogP) is 3.72. The van der Waals surface area contributed by atoms with Crippen molar-refractivity contribution in [3.8, 4) is 5.75 Å². The number of nitrogens with zero attached hydrogens (tertiary/aromatic N) is 1. The Bertz CT molecular complexity index is 999. The molecule has 1 amide bonds. The second-order valence-electron chi connectivity index (χ2n) is 6.50. The summed E-state index contributed by atoms with van der Waals surface area (Å²) in [5.41, 5.74) is 0.0822. The van der Waals surface area contributed by atoms with E-state index in [1.807, 2.05) is 0 Å². The van der Waals surface area contributed by atoms with Crippen LogP contribution < -0.4 is 10.1 Å². The second kappa shape index (κ2) is 10.5. The van der Waals surface area contributed by atoms with Crippen molar-refractivity contribution in [1.82, 2.24) is 0 Å². The van der Waals surface area contributed by atoms with Crippen LogP contribution in [-0.4, -0.2) is 42.1 Å². The molecule has 0 saturated heterocycles. The minimum absolute atomic E-state index is 0.0431. The normalized spacial score (nSPS) is 10.5. The first-order valence-electron chi connectivity index (χ1n) is 9.33. The van der Waals surface area contributed by atoms with Gasteiger partial charge in [-0.25, -0.2) is 9.59 Å². The number of nitro benzene ring substituents is 1. The van der Waals surface area contributed by atoms with Gasteiger partial charge in [0.15, 0.2) is 12.4 Å². The van der Waals surface area contributed by atoms with E-state index in [2.05, 4.69) is 5.32 Å². The number of thiophene rings is 1. The molecule has 0 saturated carbocycles. The minimum Gasteiger partial charge on any atom is -0.477 e. The summed E-state index contributed by atoms with van der Waals surface area (Å²) in [5.74, 6) is -2.07. The highest BCUT2D eigenvalue weighted by atomic mass is 32.1. The van der Waals surface area contributed by atoms with E-state index < -0.39 is 29.4 Å². The molecule has 1 aromatic carbocycles. The first-order chi connectivity index (χ1) is 14.6. The number of nitrogens with one attached hydrogen (secondary N) is 1. The number of rotatable bonds is 9. The third kappa shape index (κ3) is 6.01. The van der Waals surface area contributed by atoms with Crippen molar-refractivity contribution in [3.05, 3.63) is 50.4 Å². The highest BCUT2D eigenvalue weighted by Gasteiger charge is 2.28. The third-order valence-corrected chi connectivity index (χ3v) is 5.02. The molecule has 0 radical (unpaired) electrons. The lowest BCUT2D eigenvalue weighted by atomic mass is 10.1. The molecule has 31 heavy (non-hydrogen) atoms. The Morgan fingerprint density at radius 1 is 1.19 bits per heavy atom. The summed E-state index contributed by atoms with van der Waals surface area (Å²) in [7, 11) is 0. The quantitative estimate of drug-likeness (QED) is 0.347. The fourth-order valence-corrected chi connectivity index (χ4v) is 3.64. The maximum atomic E-state index is 12.4. The van der Waals surface area contributed by atoms with E-state index >= 15 is 0 Å². The zero-order valence-corrected chi connectivity index (χ0v) is 18.2. The summed E-state index contributed by atoms with van der Waals surface area (Å²) in [4.78, 5) is 47.7. The fourth-order valence-electron chi connectivity index (χ4n) is 2.55. The zero-order valence-electron chi connectivity index (χ0n) is 17.4. The van der Waals surface area contributed by atoms with E-state index in [1.165, 1.54) is 24.3 Å². The van der Waals surface area contributed by atoms with Crippen molar-refractivity contribution in [1.29, 1.82) is 0 Å². The number of esters is 2. The van der Waals surface area contributed by atoms with Gasteiger partial charge in [0.1, 0.15) is 9.88 Å². The molecular formula is C20H22N2O8S. The third-order valence-electron chi connectivity index (χ3n) is 3.83. The maximum Gasteiger partial charge on any atom is 0.348 e. The summed E-state index contributed by atoms with van der Waals surface area (Å²) in [6.45, 7) is 6.13. The van der Waals surface area contributed by atoms with Crippen LogP contribution in [0.4, 0.5) is 10.7 Å². The molecule has 2 rings (SSSR count). The number of hydrogen-bond donors (Lipinski definition) is 1. The van der Waals surface area contributed by atoms with Crippen molar-refractivity contribution in [2.24, 2.45) is 0 Å². The largest absolute Gasteiger partial charge is 0.477 e. The van der Waals surface area contributed by atoms with Crippen molar-refractivity contribution in [2.75, 3.05) is 18.5 Å². The molecule has 166 valence electrons. The van der Waals surface area contributed by atoms with Gasteiger partial charge >= 0.3 is 17.6 Å². The van der Waals surface area contributed by atoms with Gasteiger partial charge in [0.25, 0.3) is 5.91 Å². The molecule has 0 unspecified atom stereocenters. The van der Waals surface area contributed by atoms with Crippen LogP contribution in [0, 0.1) is 17.0 Å². The van der Waals surface area contributed by atoms with Crippen molar-refractivity contribution < 1.29 is 33.5 Å². The average molecular weight is 450 g/mol. The van der Waals surface area contributed by atoms with Gasteiger partial charge in [-0.1, -0.05) is 12.1 Å². The average Bonchev–Trinajstić information content (AvgIpc) is 3.02. The standard InChI is InChI=1S/C20H22N2O8S/c1-5-28-19(24)16-12(4)17(20(25)30-11(2)3)31-18(16)21-15(23)10-29-14-9-7-6-8-13(14)22(26)27/h6-9,11H,5,10H2,1-4H3,(H,21,23). The van der Waals surface area contributed by atoms with Gasteiger partial charge in [-0.05, 0) is 39.3 Å². The van der Waals surface area contributed by atoms with Crippen molar-refractivity contribution in [3.63, 3.8) is 0 Å². The number of nitro groups is 1. The Hall–Kier alpha value is -3.47. The van der Waals surface area contributed by atoms with Gasteiger partial charge in [0.2, 0.25) is 0 Å². The minimum atomic E-state index is -0.699. The number of ether oxygens (including phenoxy) is 3. The van der Waals surface area contributed by atoms with Gasteiger partial charge in [0, 0.05) is 6.07 Å². The number of carbonyl (C=O) groups is 3. The van der Waals surface area contributed by atoms with Gasteiger partial charge in [-0.3, -0.25) is 14.9 Å². The predicted molar refractivity (Wildman–Crippen MR) is 113 cm³/mol. The highest BCUT2D eigenvalue weighted by molar-refractivity contribution is 7.18. The maximum absolute atomic E-state index is 12.4. The smallest absolute Gasteiger partial charge is 0.348 e. The zero-order chi connectivity index (χ0) is 23.1. The molecule has 1 N–H and O–H groups in total. The monoisotopic (exact) mass is 450 g/mol. The molecule has 11 heteroatoms. The van der Waals surface area contributed by atoms with Gasteiger partial charge in [0.05, 0.1) is 23.2 Å². The van der Waals surface area contributed by atoms with Gasteiger partial charge in [-0.2, -0.15) is 0 Å². The number of amides is 1. The molecule has 2 aromatic rings. The van der Waals surface area contributed by atoms with Crippen LogP contribution in [0.25, 0.3) is 0 Å². The van der Waals surface area contributed by atoms with Gasteiger partial charge in [-0.15, -0.1) is 11.3 Å². The molecule has 0 aliphatic rings. The SMILES string of the molecule is CCOC(=O)c1c(NC(=O)COc2ccccc2[N+](=O)[O-])sc(C(=O)OC(C)C)c1C. The molecule has 1 aromatic heterocycles. The summed E-state index contributed by atoms with van der Waals surface area (Å²) in [6.07, 6.45) is -0.367. The van der Waals surface area contributed by atoms with Gasteiger partial charge < -0.3 is 19.5 Å². The molecule has 0 aliphatic heterocycles. The highest BCUT2D eigenvalue weighted by Crippen LogP contribution is 2.34. The molecule has 0 spiro atoms. The molecule has 1 heterocycles. The lowest BCUT2D eigenvalue weighted by Crippen LogP contribution is -2.21. The van der Waals surface area contributed by atoms with Crippen LogP contribution in [0.5, 0.6) is 5.75 Å². The number of para-hydroxylation sites is 2. The van der Waals surface area contributed by atoms with Crippen LogP contribution in [0.15, 0.2) is 24.3 Å². The van der Waals surface area contributed by atoms with Crippen LogP contribution in [0.3, 0.4) is 0 Å². The van der Waals surface area contributed by atoms with E-state index in [4.69, 9.17) is 14.2 Å². The Labute approximate surface area is 182 Å². The Morgan fingerprint density at radius 3 is 2.48 bits per heavy atom. The number of anilines is 1. The first-order valence-corrected chi connectivity index (χ1v) is 10.1. The Balaban J connectivity index is 2.24. The molecule has 10 nitrogen and oxygen atoms in total. The van der Waals surface area contributed by atoms with Crippen LogP contribution in [-0.2, 0) is 14.3 Å². The number of benzene rings is 1. The van der Waals surface area contributed by atoms with Crippen LogP contribution in [0.2, 0.25) is 0 Å². The number of hydrogen-bond acceptors (Lipinski definition) is 9. The fraction of sp³-hybridized carbons (Fsp3) is 0.350. The van der Waals surface area contributed by atoms with E-state index in [0.717, 1.165) is 11.3 Å².